The Hall–Kier alpha value is -0.340. The van der Waals surface area contributed by atoms with Crippen LogP contribution in [-0.2, 0) is 10.0 Å². The molecule has 8 heteroatoms. The van der Waals surface area contributed by atoms with Crippen molar-refractivity contribution >= 4 is 10.0 Å². The van der Waals surface area contributed by atoms with Crippen molar-refractivity contribution in [2.24, 2.45) is 5.92 Å². The van der Waals surface area contributed by atoms with Crippen molar-refractivity contribution in [1.29, 1.82) is 0 Å². The van der Waals surface area contributed by atoms with Crippen LogP contribution in [0.4, 0.5) is 13.2 Å². The second kappa shape index (κ2) is 6.90. The van der Waals surface area contributed by atoms with Gasteiger partial charge in [0, 0.05) is 12.5 Å². The van der Waals surface area contributed by atoms with E-state index in [0.29, 0.717) is 0 Å². The zero-order chi connectivity index (χ0) is 14.5. The minimum Gasteiger partial charge on any atom is -0.317 e. The first-order chi connectivity index (χ1) is 8.70. The lowest BCUT2D eigenvalue weighted by Gasteiger charge is -2.28. The highest BCUT2D eigenvalue weighted by Crippen LogP contribution is 2.22. The highest BCUT2D eigenvalue weighted by molar-refractivity contribution is 7.89. The van der Waals surface area contributed by atoms with E-state index in [4.69, 9.17) is 0 Å². The molecule has 0 amide bonds. The second-order valence-corrected chi connectivity index (χ2v) is 6.91. The quantitative estimate of drug-likeness (QED) is 0.784. The Kier molecular flexibility index (Phi) is 6.07. The Morgan fingerprint density at radius 1 is 1.32 bits per heavy atom. The summed E-state index contributed by atoms with van der Waals surface area (Å²) in [5.41, 5.74) is 0. The van der Waals surface area contributed by atoms with E-state index in [1.807, 2.05) is 0 Å². The summed E-state index contributed by atoms with van der Waals surface area (Å²) in [5, 5.41) is 3.18. The summed E-state index contributed by atoms with van der Waals surface area (Å²) in [6, 6.07) is -0.224. The Labute approximate surface area is 112 Å². The van der Waals surface area contributed by atoms with Gasteiger partial charge < -0.3 is 5.32 Å². The van der Waals surface area contributed by atoms with Crippen LogP contribution in [0, 0.1) is 5.92 Å². The number of sulfonamides is 1. The largest absolute Gasteiger partial charge is 0.389 e. The van der Waals surface area contributed by atoms with Crippen molar-refractivity contribution in [3.8, 4) is 0 Å². The highest BCUT2D eigenvalue weighted by atomic mass is 32.2. The average molecular weight is 302 g/mol. The molecule has 1 unspecified atom stereocenters. The zero-order valence-corrected chi connectivity index (χ0v) is 11.8. The zero-order valence-electron chi connectivity index (χ0n) is 11.0. The van der Waals surface area contributed by atoms with Gasteiger partial charge in [-0.2, -0.15) is 13.2 Å². The average Bonchev–Trinajstić information content (AvgIpc) is 2.27. The number of piperidine rings is 1. The van der Waals surface area contributed by atoms with Crippen molar-refractivity contribution in [1.82, 2.24) is 10.0 Å². The van der Waals surface area contributed by atoms with Crippen molar-refractivity contribution in [2.45, 2.75) is 44.8 Å². The number of halogens is 3. The first-order valence-electron chi connectivity index (χ1n) is 6.47. The van der Waals surface area contributed by atoms with Crippen molar-refractivity contribution in [3.63, 3.8) is 0 Å². The number of hydrogen-bond acceptors (Lipinski definition) is 3. The summed E-state index contributed by atoms with van der Waals surface area (Å²) in [7, 11) is -3.62. The Balaban J connectivity index is 2.36. The summed E-state index contributed by atoms with van der Waals surface area (Å²) in [4.78, 5) is 0. The van der Waals surface area contributed by atoms with Crippen LogP contribution in [0.5, 0.6) is 0 Å². The molecular weight excluding hydrogens is 281 g/mol. The summed E-state index contributed by atoms with van der Waals surface area (Å²) in [6.45, 7) is 3.48. The third-order valence-electron chi connectivity index (χ3n) is 3.33. The molecule has 1 fully saturated rings. The van der Waals surface area contributed by atoms with Crippen LogP contribution in [0.2, 0.25) is 0 Å². The van der Waals surface area contributed by atoms with Crippen molar-refractivity contribution < 1.29 is 21.6 Å². The molecule has 1 aliphatic heterocycles. The van der Waals surface area contributed by atoms with Crippen LogP contribution in [0.25, 0.3) is 0 Å². The fraction of sp³-hybridized carbons (Fsp3) is 1.00. The molecular formula is C11H21F3N2O2S. The molecule has 0 aromatic rings. The number of rotatable bonds is 6. The molecule has 4 nitrogen and oxygen atoms in total. The lowest BCUT2D eigenvalue weighted by molar-refractivity contribution is -0.134. The molecule has 0 saturated carbocycles. The van der Waals surface area contributed by atoms with Crippen LogP contribution >= 0.6 is 0 Å². The molecule has 2 N–H and O–H groups in total. The number of nitrogens with one attached hydrogen (secondary N) is 2. The minimum absolute atomic E-state index is 0.224. The molecule has 0 aromatic heterocycles. The predicted molar refractivity (Wildman–Crippen MR) is 67.3 cm³/mol. The SMILES string of the molecule is CC(NS(=O)(=O)CCCC(F)(F)F)C1CCNCC1. The van der Waals surface area contributed by atoms with Crippen LogP contribution in [0.15, 0.2) is 0 Å². The highest BCUT2D eigenvalue weighted by Gasteiger charge is 2.28. The lowest BCUT2D eigenvalue weighted by Crippen LogP contribution is -2.43. The van der Waals surface area contributed by atoms with E-state index in [9.17, 15) is 21.6 Å². The predicted octanol–water partition coefficient (Wildman–Crippen LogP) is 1.64. The van der Waals surface area contributed by atoms with E-state index in [1.54, 1.807) is 6.92 Å². The van der Waals surface area contributed by atoms with E-state index < -0.39 is 34.8 Å². The molecule has 1 atom stereocenters. The van der Waals surface area contributed by atoms with Gasteiger partial charge in [0.05, 0.1) is 5.75 Å². The van der Waals surface area contributed by atoms with Crippen LogP contribution in [0.1, 0.15) is 32.6 Å². The minimum atomic E-state index is -4.30. The van der Waals surface area contributed by atoms with E-state index in [0.717, 1.165) is 25.9 Å². The molecule has 1 heterocycles. The Bertz CT molecular complexity index is 365. The summed E-state index contributed by atoms with van der Waals surface area (Å²) in [6.07, 6.45) is -3.98. The van der Waals surface area contributed by atoms with Gasteiger partial charge in [0.15, 0.2) is 0 Å². The van der Waals surface area contributed by atoms with Gasteiger partial charge in [0.2, 0.25) is 10.0 Å². The van der Waals surface area contributed by atoms with Gasteiger partial charge in [-0.15, -0.1) is 0 Å². The van der Waals surface area contributed by atoms with Gasteiger partial charge in [0.1, 0.15) is 0 Å². The fourth-order valence-electron chi connectivity index (χ4n) is 2.25. The van der Waals surface area contributed by atoms with Gasteiger partial charge in [0.25, 0.3) is 0 Å². The molecule has 0 aliphatic carbocycles. The van der Waals surface area contributed by atoms with Gasteiger partial charge in [-0.05, 0) is 45.2 Å². The summed E-state index contributed by atoms with van der Waals surface area (Å²) < 4.78 is 61.7. The molecule has 0 bridgehead atoms. The lowest BCUT2D eigenvalue weighted by atomic mass is 9.92. The van der Waals surface area contributed by atoms with E-state index in [1.165, 1.54) is 0 Å². The topological polar surface area (TPSA) is 58.2 Å². The molecule has 0 aromatic carbocycles. The third kappa shape index (κ3) is 7.12. The Morgan fingerprint density at radius 2 is 1.89 bits per heavy atom. The molecule has 1 rings (SSSR count). The molecule has 19 heavy (non-hydrogen) atoms. The molecule has 0 radical (unpaired) electrons. The van der Waals surface area contributed by atoms with Crippen LogP contribution in [-0.4, -0.2) is 39.5 Å². The van der Waals surface area contributed by atoms with Gasteiger partial charge >= 0.3 is 6.18 Å². The van der Waals surface area contributed by atoms with Gasteiger partial charge in [-0.25, -0.2) is 13.1 Å². The van der Waals surface area contributed by atoms with Crippen LogP contribution < -0.4 is 10.0 Å². The van der Waals surface area contributed by atoms with Gasteiger partial charge in [-0.3, -0.25) is 0 Å². The number of hydrogen-bond donors (Lipinski definition) is 2. The first kappa shape index (κ1) is 16.7. The van der Waals surface area contributed by atoms with E-state index >= 15 is 0 Å². The standard InChI is InChI=1S/C11H21F3N2O2S/c1-9(10-3-6-15-7-4-10)16-19(17,18)8-2-5-11(12,13)14/h9-10,15-16H,2-8H2,1H3. The maximum atomic E-state index is 12.0. The molecule has 1 aliphatic rings. The summed E-state index contributed by atoms with van der Waals surface area (Å²) >= 11 is 0. The summed E-state index contributed by atoms with van der Waals surface area (Å²) in [5.74, 6) is -0.222. The monoisotopic (exact) mass is 302 g/mol. The molecule has 1 saturated heterocycles. The molecule has 0 spiro atoms. The fourth-order valence-corrected chi connectivity index (χ4v) is 3.65. The van der Waals surface area contributed by atoms with Crippen molar-refractivity contribution in [3.05, 3.63) is 0 Å². The number of alkyl halides is 3. The van der Waals surface area contributed by atoms with Crippen LogP contribution in [0.3, 0.4) is 0 Å². The maximum Gasteiger partial charge on any atom is 0.389 e. The van der Waals surface area contributed by atoms with Gasteiger partial charge in [-0.1, -0.05) is 0 Å². The normalized spacial score (nSPS) is 20.4. The van der Waals surface area contributed by atoms with E-state index in [2.05, 4.69) is 10.0 Å². The van der Waals surface area contributed by atoms with Crippen molar-refractivity contribution in [2.75, 3.05) is 18.8 Å². The maximum absolute atomic E-state index is 12.0. The van der Waals surface area contributed by atoms with E-state index in [-0.39, 0.29) is 12.0 Å². The smallest absolute Gasteiger partial charge is 0.317 e. The first-order valence-corrected chi connectivity index (χ1v) is 8.12. The second-order valence-electron chi connectivity index (χ2n) is 5.03. The Morgan fingerprint density at radius 3 is 2.42 bits per heavy atom. The third-order valence-corrected chi connectivity index (χ3v) is 4.89. The molecule has 114 valence electrons.